The van der Waals surface area contributed by atoms with Crippen molar-refractivity contribution < 1.29 is 4.74 Å². The highest BCUT2D eigenvalue weighted by Gasteiger charge is 2.20. The van der Waals surface area contributed by atoms with Crippen molar-refractivity contribution in [1.29, 1.82) is 0 Å². The van der Waals surface area contributed by atoms with E-state index in [9.17, 15) is 0 Å². The van der Waals surface area contributed by atoms with E-state index >= 15 is 0 Å². The topological polar surface area (TPSA) is 22.1 Å². The number of hydrogen-bond donors (Lipinski definition) is 0. The van der Waals surface area contributed by atoms with Gasteiger partial charge in [0, 0.05) is 28.6 Å². The molecule has 1 fully saturated rings. The Labute approximate surface area is 240 Å². The molecule has 1 aromatic heterocycles. The quantitative estimate of drug-likeness (QED) is 0.167. The van der Waals surface area contributed by atoms with Crippen LogP contribution in [0.5, 0.6) is 11.5 Å². The lowest BCUT2D eigenvalue weighted by molar-refractivity contribution is 0.442. The smallest absolute Gasteiger partial charge is 0.143 e. The molecule has 1 aliphatic carbocycles. The molecule has 0 N–H and O–H groups in total. The first kappa shape index (κ1) is 24.1. The number of pyridine rings is 1. The number of aromatic nitrogens is 1. The van der Waals surface area contributed by atoms with E-state index in [1.807, 2.05) is 12.4 Å². The molecule has 41 heavy (non-hydrogen) atoms. The highest BCUT2D eigenvalue weighted by molar-refractivity contribution is 6.23. The van der Waals surface area contributed by atoms with Crippen LogP contribution < -0.4 is 4.74 Å². The van der Waals surface area contributed by atoms with E-state index in [2.05, 4.69) is 114 Å². The second kappa shape index (κ2) is 10.1. The molecule has 0 aliphatic heterocycles. The molecule has 198 valence electrons. The average Bonchev–Trinajstić information content (AvgIpc) is 3.05. The van der Waals surface area contributed by atoms with Crippen LogP contribution in [0.25, 0.3) is 54.2 Å². The third-order valence-electron chi connectivity index (χ3n) is 8.99. The first-order chi connectivity index (χ1) is 20.3. The van der Waals surface area contributed by atoms with E-state index in [1.54, 1.807) is 0 Å². The summed E-state index contributed by atoms with van der Waals surface area (Å²) in [5, 5.41) is 9.46. The number of hydrogen-bond acceptors (Lipinski definition) is 2. The molecule has 0 spiro atoms. The Balaban J connectivity index is 1.34. The first-order valence-electron chi connectivity index (χ1n) is 14.8. The summed E-state index contributed by atoms with van der Waals surface area (Å²) in [6, 6.07) is 39.3. The summed E-state index contributed by atoms with van der Waals surface area (Å²) < 4.78 is 6.77. The Bertz CT molecular complexity index is 1990. The van der Waals surface area contributed by atoms with E-state index in [1.165, 1.54) is 75.7 Å². The fraction of sp³-hybridized carbons (Fsp3) is 0.154. The lowest BCUT2D eigenvalue weighted by Gasteiger charge is -2.22. The third-order valence-corrected chi connectivity index (χ3v) is 8.99. The molecule has 2 heteroatoms. The summed E-state index contributed by atoms with van der Waals surface area (Å²) in [6.07, 6.45) is 10.5. The maximum Gasteiger partial charge on any atom is 0.143 e. The number of benzene rings is 6. The largest absolute Gasteiger partial charge is 0.456 e. The van der Waals surface area contributed by atoms with Crippen LogP contribution in [0.15, 0.2) is 122 Å². The number of ether oxygens (including phenoxy) is 1. The van der Waals surface area contributed by atoms with Crippen molar-refractivity contribution in [3.63, 3.8) is 0 Å². The zero-order chi connectivity index (χ0) is 27.2. The second-order valence-electron chi connectivity index (χ2n) is 11.4. The maximum absolute atomic E-state index is 6.77. The van der Waals surface area contributed by atoms with E-state index in [0.29, 0.717) is 5.92 Å². The van der Waals surface area contributed by atoms with Gasteiger partial charge in [-0.2, -0.15) is 0 Å². The minimum atomic E-state index is 0.682. The number of nitrogens with zero attached hydrogens (tertiary/aromatic N) is 1. The zero-order valence-electron chi connectivity index (χ0n) is 23.0. The minimum absolute atomic E-state index is 0.682. The van der Waals surface area contributed by atoms with Crippen LogP contribution in [-0.2, 0) is 0 Å². The Kier molecular flexibility index (Phi) is 5.92. The fourth-order valence-electron chi connectivity index (χ4n) is 7.00. The predicted molar refractivity (Wildman–Crippen MR) is 172 cm³/mol. The van der Waals surface area contributed by atoms with E-state index in [4.69, 9.17) is 4.74 Å². The normalized spacial score (nSPS) is 14.2. The van der Waals surface area contributed by atoms with Gasteiger partial charge in [-0.25, -0.2) is 0 Å². The van der Waals surface area contributed by atoms with Crippen molar-refractivity contribution >= 4 is 43.1 Å². The van der Waals surface area contributed by atoms with Crippen molar-refractivity contribution in [2.45, 2.75) is 38.0 Å². The van der Waals surface area contributed by atoms with Crippen molar-refractivity contribution in [2.75, 3.05) is 0 Å². The maximum atomic E-state index is 6.77. The predicted octanol–water partition coefficient (Wildman–Crippen LogP) is 11.2. The molecule has 0 unspecified atom stereocenters. The van der Waals surface area contributed by atoms with Gasteiger partial charge in [0.2, 0.25) is 0 Å². The van der Waals surface area contributed by atoms with Gasteiger partial charge in [0.15, 0.2) is 0 Å². The molecule has 1 heterocycles. The van der Waals surface area contributed by atoms with Crippen LogP contribution in [0.4, 0.5) is 0 Å². The van der Waals surface area contributed by atoms with Gasteiger partial charge in [0.25, 0.3) is 0 Å². The Hall–Kier alpha value is -4.69. The second-order valence-corrected chi connectivity index (χ2v) is 11.4. The monoisotopic (exact) mass is 529 g/mol. The summed E-state index contributed by atoms with van der Waals surface area (Å²) in [7, 11) is 0. The molecule has 0 saturated heterocycles. The Morgan fingerprint density at radius 1 is 0.561 bits per heavy atom. The van der Waals surface area contributed by atoms with Gasteiger partial charge in [-0.1, -0.05) is 104 Å². The highest BCUT2D eigenvalue weighted by Crippen LogP contribution is 2.47. The van der Waals surface area contributed by atoms with E-state index < -0.39 is 0 Å². The van der Waals surface area contributed by atoms with E-state index in [-0.39, 0.29) is 0 Å². The van der Waals surface area contributed by atoms with Gasteiger partial charge in [0.1, 0.15) is 11.5 Å². The van der Waals surface area contributed by atoms with Crippen LogP contribution in [-0.4, -0.2) is 4.98 Å². The standard InChI is InChI=1S/C39H31NO/c1-2-10-26(11-3-1)27-18-20-29(21-19-27)41-39-34-17-9-8-16-33(34)38(37-25-40-23-22-35(37)39)36-24-28-12-4-5-13-30(28)31-14-6-7-15-32(31)36/h4-9,12-26H,1-3,10-11H2. The zero-order valence-corrected chi connectivity index (χ0v) is 23.0. The molecule has 1 aliphatic rings. The van der Waals surface area contributed by atoms with Crippen molar-refractivity contribution in [3.05, 3.63) is 127 Å². The van der Waals surface area contributed by atoms with E-state index in [0.717, 1.165) is 27.7 Å². The Morgan fingerprint density at radius 2 is 1.22 bits per heavy atom. The van der Waals surface area contributed by atoms with Crippen LogP contribution in [0.1, 0.15) is 43.6 Å². The van der Waals surface area contributed by atoms with Gasteiger partial charge < -0.3 is 4.74 Å². The molecule has 0 radical (unpaired) electrons. The average molecular weight is 530 g/mol. The molecule has 2 nitrogen and oxygen atoms in total. The fourth-order valence-corrected chi connectivity index (χ4v) is 7.00. The lowest BCUT2D eigenvalue weighted by atomic mass is 9.84. The van der Waals surface area contributed by atoms with Gasteiger partial charge >= 0.3 is 0 Å². The molecular formula is C39H31NO. The molecule has 1 saturated carbocycles. The molecule has 0 bridgehead atoms. The van der Waals surface area contributed by atoms with Crippen molar-refractivity contribution in [1.82, 2.24) is 4.98 Å². The third kappa shape index (κ3) is 4.14. The molecule has 0 atom stereocenters. The minimum Gasteiger partial charge on any atom is -0.456 e. The van der Waals surface area contributed by atoms with Crippen molar-refractivity contribution in [2.24, 2.45) is 0 Å². The highest BCUT2D eigenvalue weighted by atomic mass is 16.5. The van der Waals surface area contributed by atoms with Crippen LogP contribution in [0, 0.1) is 0 Å². The van der Waals surface area contributed by atoms with Gasteiger partial charge in [0.05, 0.1) is 0 Å². The molecule has 6 aromatic carbocycles. The first-order valence-corrected chi connectivity index (χ1v) is 14.8. The van der Waals surface area contributed by atoms with Crippen LogP contribution >= 0.6 is 0 Å². The summed E-state index contributed by atoms with van der Waals surface area (Å²) >= 11 is 0. The number of fused-ring (bicyclic) bond motifs is 5. The van der Waals surface area contributed by atoms with Crippen LogP contribution in [0.3, 0.4) is 0 Å². The van der Waals surface area contributed by atoms with Crippen LogP contribution in [0.2, 0.25) is 0 Å². The SMILES string of the molecule is c1ccc2c(c1)cc(-c1c3ccccc3c(Oc3ccc(C4CCCCC4)cc3)c3ccncc13)c1ccccc12. The lowest BCUT2D eigenvalue weighted by Crippen LogP contribution is -2.04. The van der Waals surface area contributed by atoms with Gasteiger partial charge in [-0.15, -0.1) is 0 Å². The Morgan fingerprint density at radius 3 is 2.02 bits per heavy atom. The molecule has 8 rings (SSSR count). The summed E-state index contributed by atoms with van der Waals surface area (Å²) in [5.74, 6) is 2.44. The van der Waals surface area contributed by atoms with Crippen molar-refractivity contribution in [3.8, 4) is 22.6 Å². The summed E-state index contributed by atoms with van der Waals surface area (Å²) in [4.78, 5) is 4.60. The number of rotatable bonds is 4. The molecule has 0 amide bonds. The summed E-state index contributed by atoms with van der Waals surface area (Å²) in [5.41, 5.74) is 3.86. The van der Waals surface area contributed by atoms with Gasteiger partial charge in [-0.05, 0) is 86.6 Å². The van der Waals surface area contributed by atoms with Gasteiger partial charge in [-0.3, -0.25) is 4.98 Å². The molecule has 7 aromatic rings. The molecular weight excluding hydrogens is 498 g/mol. The summed E-state index contributed by atoms with van der Waals surface area (Å²) in [6.45, 7) is 0.